The zero-order valence-electron chi connectivity index (χ0n) is 15.6. The molecule has 140 valence electrons. The van der Waals surface area contributed by atoms with Crippen molar-refractivity contribution in [3.05, 3.63) is 34.1 Å². The molecule has 7 heteroatoms. The van der Waals surface area contributed by atoms with Crippen LogP contribution < -0.4 is 9.47 Å². The fraction of sp³-hybridized carbons (Fsp3) is 0.474. The van der Waals surface area contributed by atoms with Crippen molar-refractivity contribution in [3.8, 4) is 11.5 Å². The molecule has 0 amide bonds. The first kappa shape index (κ1) is 18.4. The first-order valence-electron chi connectivity index (χ1n) is 8.22. The summed E-state index contributed by atoms with van der Waals surface area (Å²) in [5.41, 5.74) is 0.222. The van der Waals surface area contributed by atoms with E-state index in [1.165, 1.54) is 21.1 Å². The predicted octanol–water partition coefficient (Wildman–Crippen LogP) is 1.85. The third kappa shape index (κ3) is 2.34. The van der Waals surface area contributed by atoms with Gasteiger partial charge in [0.1, 0.15) is 28.8 Å². The number of aliphatic hydroxyl groups is 1. The van der Waals surface area contributed by atoms with Crippen LogP contribution in [0.3, 0.4) is 0 Å². The van der Waals surface area contributed by atoms with E-state index in [-0.39, 0.29) is 16.9 Å². The highest BCUT2D eigenvalue weighted by Crippen LogP contribution is 2.44. The highest BCUT2D eigenvalue weighted by Gasteiger charge is 2.56. The topological polar surface area (TPSA) is 91.3 Å². The van der Waals surface area contributed by atoms with Crippen molar-refractivity contribution in [2.75, 3.05) is 14.2 Å². The number of ether oxygens (including phenoxy) is 4. The van der Waals surface area contributed by atoms with Gasteiger partial charge >= 0.3 is 5.97 Å². The number of Topliss-reactive ketones (excluding diaryl/α,β-unsaturated/α-hetero) is 1. The van der Waals surface area contributed by atoms with Gasteiger partial charge in [-0.1, -0.05) is 0 Å². The summed E-state index contributed by atoms with van der Waals surface area (Å²) in [7, 11) is 2.90. The average molecular weight is 362 g/mol. The van der Waals surface area contributed by atoms with E-state index >= 15 is 0 Å². The maximum absolute atomic E-state index is 12.8. The minimum Gasteiger partial charge on any atom is -0.496 e. The van der Waals surface area contributed by atoms with Crippen LogP contribution in [0.15, 0.2) is 17.4 Å². The lowest BCUT2D eigenvalue weighted by atomic mass is 9.79. The molecule has 0 fully saturated rings. The van der Waals surface area contributed by atoms with Gasteiger partial charge in [0, 0.05) is 18.2 Å². The number of esters is 1. The van der Waals surface area contributed by atoms with Crippen LogP contribution in [0, 0.1) is 13.8 Å². The van der Waals surface area contributed by atoms with Crippen LogP contribution in [-0.4, -0.2) is 48.9 Å². The van der Waals surface area contributed by atoms with Crippen LogP contribution in [0.25, 0.3) is 0 Å². The van der Waals surface area contributed by atoms with E-state index in [1.54, 1.807) is 26.8 Å². The molecule has 7 nitrogen and oxygen atoms in total. The fourth-order valence-electron chi connectivity index (χ4n) is 3.44. The van der Waals surface area contributed by atoms with E-state index in [0.717, 1.165) is 0 Å². The SMILES string of the molecule is COc1cc(C)c2c(c1C)O[C@H]1C(=C(C)C(=O)[C@H](O)[C@]1(C)OC)OC2=O. The standard InChI is InChI=1S/C19H22O7/c1-8-7-11(23-5)9(2)14-12(8)18(22)26-15-10(3)13(20)16(21)19(4,24-6)17(15)25-14/h7,16-17,21H,1-6H3/t16-,17-,19-/m0/s1. The van der Waals surface area contributed by atoms with Crippen LogP contribution in [0.4, 0.5) is 0 Å². The van der Waals surface area contributed by atoms with E-state index in [0.29, 0.717) is 22.6 Å². The number of aryl methyl sites for hydroxylation is 1. The van der Waals surface area contributed by atoms with Crippen molar-refractivity contribution in [2.24, 2.45) is 0 Å². The Morgan fingerprint density at radius 1 is 1.19 bits per heavy atom. The van der Waals surface area contributed by atoms with E-state index < -0.39 is 29.6 Å². The molecule has 0 saturated carbocycles. The lowest BCUT2D eigenvalue weighted by Gasteiger charge is -2.42. The lowest BCUT2D eigenvalue weighted by Crippen LogP contribution is -2.60. The molecule has 3 rings (SSSR count). The Bertz CT molecular complexity index is 839. The molecule has 0 radical (unpaired) electrons. The van der Waals surface area contributed by atoms with E-state index in [1.807, 2.05) is 0 Å². The van der Waals surface area contributed by atoms with Gasteiger partial charge in [-0.25, -0.2) is 4.79 Å². The number of ketones is 1. The van der Waals surface area contributed by atoms with Gasteiger partial charge in [-0.3, -0.25) is 4.79 Å². The van der Waals surface area contributed by atoms with Gasteiger partial charge in [0.05, 0.1) is 7.11 Å². The lowest BCUT2D eigenvalue weighted by molar-refractivity contribution is -0.166. The van der Waals surface area contributed by atoms with Gasteiger partial charge in [0.25, 0.3) is 0 Å². The Hall–Kier alpha value is -2.38. The van der Waals surface area contributed by atoms with E-state index in [4.69, 9.17) is 18.9 Å². The molecular weight excluding hydrogens is 340 g/mol. The monoisotopic (exact) mass is 362 g/mol. The summed E-state index contributed by atoms with van der Waals surface area (Å²) in [6.07, 6.45) is -2.43. The molecule has 0 spiro atoms. The smallest absolute Gasteiger partial charge is 0.347 e. The summed E-state index contributed by atoms with van der Waals surface area (Å²) in [6.45, 7) is 6.56. The number of carbonyl (C=O) groups excluding carboxylic acids is 2. The van der Waals surface area contributed by atoms with Crippen molar-refractivity contribution >= 4 is 11.8 Å². The van der Waals surface area contributed by atoms with Crippen molar-refractivity contribution in [3.63, 3.8) is 0 Å². The molecule has 26 heavy (non-hydrogen) atoms. The predicted molar refractivity (Wildman–Crippen MR) is 91.4 cm³/mol. The second-order valence-electron chi connectivity index (χ2n) is 6.76. The first-order chi connectivity index (χ1) is 12.2. The highest BCUT2D eigenvalue weighted by atomic mass is 16.6. The minimum absolute atomic E-state index is 0.0589. The maximum Gasteiger partial charge on any atom is 0.347 e. The Labute approximate surface area is 151 Å². The summed E-state index contributed by atoms with van der Waals surface area (Å²) in [5.74, 6) is -0.269. The molecule has 1 aromatic rings. The summed E-state index contributed by atoms with van der Waals surface area (Å²) in [4.78, 5) is 25.2. The molecule has 0 saturated heterocycles. The summed E-state index contributed by atoms with van der Waals surface area (Å²) >= 11 is 0. The van der Waals surface area contributed by atoms with Crippen LogP contribution in [0.2, 0.25) is 0 Å². The normalized spacial score (nSPS) is 28.0. The molecule has 1 heterocycles. The zero-order chi connectivity index (χ0) is 19.4. The van der Waals surface area contributed by atoms with Crippen LogP contribution in [0.5, 0.6) is 11.5 Å². The Balaban J connectivity index is 2.29. The second kappa shape index (κ2) is 6.10. The molecule has 0 aromatic heterocycles. The molecule has 2 aliphatic rings. The third-order valence-corrected chi connectivity index (χ3v) is 5.27. The number of carbonyl (C=O) groups is 2. The fourth-order valence-corrected chi connectivity index (χ4v) is 3.44. The molecule has 3 atom stereocenters. The molecule has 1 N–H and O–H groups in total. The van der Waals surface area contributed by atoms with Crippen molar-refractivity contribution < 1.29 is 33.6 Å². The Kier molecular flexibility index (Phi) is 4.32. The Morgan fingerprint density at radius 3 is 2.42 bits per heavy atom. The van der Waals surface area contributed by atoms with Crippen LogP contribution in [-0.2, 0) is 14.3 Å². The van der Waals surface area contributed by atoms with Crippen LogP contribution >= 0.6 is 0 Å². The molecule has 0 unspecified atom stereocenters. The van der Waals surface area contributed by atoms with Gasteiger partial charge in [-0.05, 0) is 39.3 Å². The van der Waals surface area contributed by atoms with Crippen molar-refractivity contribution in [1.82, 2.24) is 0 Å². The largest absolute Gasteiger partial charge is 0.496 e. The number of hydrogen-bond donors (Lipinski definition) is 1. The second-order valence-corrected chi connectivity index (χ2v) is 6.76. The van der Waals surface area contributed by atoms with Gasteiger partial charge in [0.2, 0.25) is 0 Å². The third-order valence-electron chi connectivity index (χ3n) is 5.27. The van der Waals surface area contributed by atoms with Crippen molar-refractivity contribution in [2.45, 2.75) is 45.5 Å². The number of aliphatic hydroxyl groups excluding tert-OH is 1. The minimum atomic E-state index is -1.45. The van der Waals surface area contributed by atoms with Gasteiger partial charge in [0.15, 0.2) is 17.6 Å². The highest BCUT2D eigenvalue weighted by molar-refractivity contribution is 6.03. The number of methoxy groups -OCH3 is 2. The van der Waals surface area contributed by atoms with Gasteiger partial charge < -0.3 is 24.1 Å². The average Bonchev–Trinajstić information content (AvgIpc) is 2.78. The number of hydrogen-bond acceptors (Lipinski definition) is 7. The van der Waals surface area contributed by atoms with Gasteiger partial charge in [-0.2, -0.15) is 0 Å². The first-order valence-corrected chi connectivity index (χ1v) is 8.22. The van der Waals surface area contributed by atoms with E-state index in [2.05, 4.69) is 0 Å². The number of benzene rings is 1. The summed E-state index contributed by atoms with van der Waals surface area (Å²) in [6, 6.07) is 1.73. The number of rotatable bonds is 2. The Morgan fingerprint density at radius 2 is 1.85 bits per heavy atom. The van der Waals surface area contributed by atoms with Gasteiger partial charge in [-0.15, -0.1) is 0 Å². The van der Waals surface area contributed by atoms with Crippen LogP contribution in [0.1, 0.15) is 35.3 Å². The molecule has 1 aromatic carbocycles. The molecular formula is C19H22O7. The van der Waals surface area contributed by atoms with Crippen molar-refractivity contribution in [1.29, 1.82) is 0 Å². The quantitative estimate of drug-likeness (QED) is 0.803. The van der Waals surface area contributed by atoms with E-state index in [9.17, 15) is 14.7 Å². The zero-order valence-corrected chi connectivity index (χ0v) is 15.6. The summed E-state index contributed by atoms with van der Waals surface area (Å²) < 4.78 is 22.5. The molecule has 1 aliphatic heterocycles. The summed E-state index contributed by atoms with van der Waals surface area (Å²) in [5, 5.41) is 10.5. The molecule has 0 bridgehead atoms. The molecule has 1 aliphatic carbocycles. The maximum atomic E-state index is 12.8. The number of fused-ring (bicyclic) bond motifs is 2.